The van der Waals surface area contributed by atoms with E-state index in [9.17, 15) is 23.1 Å². The number of imide groups is 1. The number of aliphatic hydroxyl groups excluding tert-OH is 2. The molecule has 0 bridgehead atoms. The van der Waals surface area contributed by atoms with Gasteiger partial charge in [0, 0.05) is 5.92 Å². The summed E-state index contributed by atoms with van der Waals surface area (Å²) in [5, 5.41) is 20.0. The lowest BCUT2D eigenvalue weighted by Crippen LogP contribution is -2.24. The van der Waals surface area contributed by atoms with Crippen molar-refractivity contribution in [3.05, 3.63) is 53.6 Å². The van der Waals surface area contributed by atoms with Crippen molar-refractivity contribution in [3.63, 3.8) is 0 Å². The van der Waals surface area contributed by atoms with Gasteiger partial charge in [0.1, 0.15) is 6.10 Å². The van der Waals surface area contributed by atoms with E-state index in [4.69, 9.17) is 9.66 Å². The third-order valence-electron chi connectivity index (χ3n) is 4.45. The lowest BCUT2D eigenvalue weighted by Gasteiger charge is -2.10. The van der Waals surface area contributed by atoms with Crippen LogP contribution in [-0.4, -0.2) is 47.7 Å². The van der Waals surface area contributed by atoms with E-state index in [-0.39, 0.29) is 23.8 Å². The first-order chi connectivity index (χ1) is 12.7. The van der Waals surface area contributed by atoms with Crippen LogP contribution < -0.4 is 5.32 Å². The molecule has 0 saturated carbocycles. The molecule has 2 aromatic rings. The molecule has 27 heavy (non-hydrogen) atoms. The SMILES string of the molecule is O=C1CC(O)C(=O)N1.O=S(=O)(O)c1ccc2c(c1)C(CO)c1ccccc1-2. The zero-order valence-corrected chi connectivity index (χ0v) is 14.8. The average molecular weight is 391 g/mol. The average Bonchev–Trinajstić information content (AvgIpc) is 3.09. The van der Waals surface area contributed by atoms with E-state index in [0.29, 0.717) is 0 Å². The van der Waals surface area contributed by atoms with E-state index < -0.39 is 28.0 Å². The lowest BCUT2D eigenvalue weighted by molar-refractivity contribution is -0.127. The van der Waals surface area contributed by atoms with Gasteiger partial charge in [0.25, 0.3) is 16.0 Å². The van der Waals surface area contributed by atoms with Crippen molar-refractivity contribution in [2.45, 2.75) is 23.3 Å². The number of carbonyl (C=O) groups is 2. The van der Waals surface area contributed by atoms with E-state index in [1.807, 2.05) is 29.6 Å². The summed E-state index contributed by atoms with van der Waals surface area (Å²) in [7, 11) is -4.23. The standard InChI is InChI=1S/C14H12O4S.C4H5NO3/c15-8-14-11-4-2-1-3-10(11)12-6-5-9(7-13(12)14)19(16,17)18;6-2-1-3(7)5-4(2)8/h1-7,14-15H,8H2,(H,16,17,18);2,6H,1H2,(H,5,7,8). The number of hydrogen-bond acceptors (Lipinski definition) is 6. The molecule has 2 aliphatic rings. The summed E-state index contributed by atoms with van der Waals surface area (Å²) in [6, 6.07) is 12.1. The van der Waals surface area contributed by atoms with E-state index in [2.05, 4.69) is 0 Å². The van der Waals surface area contributed by atoms with Gasteiger partial charge in [0.15, 0.2) is 0 Å². The molecule has 4 rings (SSSR count). The maximum atomic E-state index is 11.2. The number of aliphatic hydroxyl groups is 2. The van der Waals surface area contributed by atoms with Crippen molar-refractivity contribution >= 4 is 21.9 Å². The molecule has 2 atom stereocenters. The van der Waals surface area contributed by atoms with Crippen LogP contribution in [0.1, 0.15) is 23.5 Å². The van der Waals surface area contributed by atoms with Crippen LogP contribution in [0.25, 0.3) is 11.1 Å². The Hall–Kier alpha value is -2.59. The van der Waals surface area contributed by atoms with Crippen molar-refractivity contribution in [2.75, 3.05) is 6.61 Å². The number of hydrogen-bond donors (Lipinski definition) is 4. The topological polar surface area (TPSA) is 141 Å². The van der Waals surface area contributed by atoms with Gasteiger partial charge in [-0.25, -0.2) is 0 Å². The Labute approximate surface area is 155 Å². The highest BCUT2D eigenvalue weighted by atomic mass is 32.2. The van der Waals surface area contributed by atoms with Gasteiger partial charge >= 0.3 is 0 Å². The molecule has 4 N–H and O–H groups in total. The largest absolute Gasteiger partial charge is 0.395 e. The molecule has 1 aliphatic carbocycles. The Morgan fingerprint density at radius 2 is 1.70 bits per heavy atom. The van der Waals surface area contributed by atoms with Crippen LogP contribution in [0.2, 0.25) is 0 Å². The van der Waals surface area contributed by atoms with Crippen LogP contribution in [0.3, 0.4) is 0 Å². The first-order valence-electron chi connectivity index (χ1n) is 8.05. The van der Waals surface area contributed by atoms with Crippen LogP contribution in [0.15, 0.2) is 47.4 Å². The number of rotatable bonds is 2. The first-order valence-corrected chi connectivity index (χ1v) is 9.49. The molecule has 2 unspecified atom stereocenters. The molecule has 1 saturated heterocycles. The van der Waals surface area contributed by atoms with Gasteiger partial charge in [-0.15, -0.1) is 0 Å². The summed E-state index contributed by atoms with van der Waals surface area (Å²) in [6.07, 6.45) is -1.19. The second-order valence-electron chi connectivity index (χ2n) is 6.18. The van der Waals surface area contributed by atoms with Crippen LogP contribution in [0, 0.1) is 0 Å². The van der Waals surface area contributed by atoms with Crippen molar-refractivity contribution in [3.8, 4) is 11.1 Å². The summed E-state index contributed by atoms with van der Waals surface area (Å²) >= 11 is 0. The monoisotopic (exact) mass is 391 g/mol. The number of benzene rings is 2. The van der Waals surface area contributed by atoms with Gasteiger partial charge < -0.3 is 10.2 Å². The minimum atomic E-state index is -4.23. The summed E-state index contributed by atoms with van der Waals surface area (Å²) in [6.45, 7) is -0.0983. The smallest absolute Gasteiger partial charge is 0.294 e. The van der Waals surface area contributed by atoms with Crippen LogP contribution in [0.4, 0.5) is 0 Å². The molecule has 2 amide bonds. The number of fused-ring (bicyclic) bond motifs is 3. The van der Waals surface area contributed by atoms with Gasteiger partial charge in [0.05, 0.1) is 17.9 Å². The van der Waals surface area contributed by atoms with Gasteiger partial charge in [-0.05, 0) is 34.4 Å². The van der Waals surface area contributed by atoms with Gasteiger partial charge in [-0.1, -0.05) is 30.3 Å². The molecule has 9 heteroatoms. The molecule has 1 aliphatic heterocycles. The fourth-order valence-electron chi connectivity index (χ4n) is 3.19. The van der Waals surface area contributed by atoms with Crippen LogP contribution in [-0.2, 0) is 19.7 Å². The first kappa shape index (κ1) is 19.2. The molecule has 142 valence electrons. The Balaban J connectivity index is 0.000000221. The van der Waals surface area contributed by atoms with Gasteiger partial charge in [-0.3, -0.25) is 19.5 Å². The molecule has 0 spiro atoms. The van der Waals surface area contributed by atoms with E-state index in [1.165, 1.54) is 12.1 Å². The quantitative estimate of drug-likeness (QED) is 0.430. The van der Waals surface area contributed by atoms with E-state index >= 15 is 0 Å². The maximum absolute atomic E-state index is 11.2. The third-order valence-corrected chi connectivity index (χ3v) is 5.30. The second kappa shape index (κ2) is 7.20. The fourth-order valence-corrected chi connectivity index (χ4v) is 3.70. The second-order valence-corrected chi connectivity index (χ2v) is 7.60. The lowest BCUT2D eigenvalue weighted by atomic mass is 9.98. The van der Waals surface area contributed by atoms with Gasteiger partial charge in [0.2, 0.25) is 5.91 Å². The summed E-state index contributed by atoms with van der Waals surface area (Å²) in [5.74, 6) is -1.23. The highest BCUT2D eigenvalue weighted by Crippen LogP contribution is 2.44. The molecule has 1 heterocycles. The minimum absolute atomic E-state index is 0.0845. The van der Waals surface area contributed by atoms with Crippen molar-refractivity contribution in [1.29, 1.82) is 0 Å². The number of nitrogens with one attached hydrogen (secondary N) is 1. The molecule has 1 fully saturated rings. The highest BCUT2D eigenvalue weighted by Gasteiger charge is 2.29. The zero-order valence-electron chi connectivity index (χ0n) is 14.0. The number of amides is 2. The van der Waals surface area contributed by atoms with E-state index in [0.717, 1.165) is 22.3 Å². The van der Waals surface area contributed by atoms with Gasteiger partial charge in [-0.2, -0.15) is 8.42 Å². The molecule has 2 aromatic carbocycles. The minimum Gasteiger partial charge on any atom is -0.395 e. The Bertz CT molecular complexity index is 1020. The van der Waals surface area contributed by atoms with E-state index in [1.54, 1.807) is 6.07 Å². The Morgan fingerprint density at radius 1 is 1.04 bits per heavy atom. The molecular formula is C18H17NO7S. The van der Waals surface area contributed by atoms with Crippen molar-refractivity contribution < 1.29 is 32.8 Å². The Kier molecular flexibility index (Phi) is 5.11. The predicted molar refractivity (Wildman–Crippen MR) is 94.4 cm³/mol. The molecule has 0 radical (unpaired) electrons. The normalized spacial score (nSPS) is 20.4. The highest BCUT2D eigenvalue weighted by molar-refractivity contribution is 7.85. The third kappa shape index (κ3) is 3.76. The van der Waals surface area contributed by atoms with Crippen molar-refractivity contribution in [1.82, 2.24) is 5.32 Å². The Morgan fingerprint density at radius 3 is 2.22 bits per heavy atom. The molecule has 8 nitrogen and oxygen atoms in total. The fraction of sp³-hybridized carbons (Fsp3) is 0.222. The predicted octanol–water partition coefficient (Wildman–Crippen LogP) is 0.432. The van der Waals surface area contributed by atoms with Crippen LogP contribution in [0.5, 0.6) is 0 Å². The summed E-state index contributed by atoms with van der Waals surface area (Å²) < 4.78 is 31.5. The maximum Gasteiger partial charge on any atom is 0.294 e. The summed E-state index contributed by atoms with van der Waals surface area (Å²) in [5.41, 5.74) is 3.62. The number of carbonyl (C=O) groups excluding carboxylic acids is 2. The zero-order chi connectivity index (χ0) is 19.8. The van der Waals surface area contributed by atoms with Crippen molar-refractivity contribution in [2.24, 2.45) is 0 Å². The summed E-state index contributed by atoms with van der Waals surface area (Å²) in [4.78, 5) is 20.2. The van der Waals surface area contributed by atoms with Crippen LogP contribution >= 0.6 is 0 Å². The molecule has 0 aromatic heterocycles. The molecular weight excluding hydrogens is 374 g/mol.